The zero-order chi connectivity index (χ0) is 21.6. The van der Waals surface area contributed by atoms with E-state index in [1.54, 1.807) is 24.3 Å². The van der Waals surface area contributed by atoms with E-state index in [0.29, 0.717) is 15.7 Å². The predicted octanol–water partition coefficient (Wildman–Crippen LogP) is 5.18. The highest BCUT2D eigenvalue weighted by atomic mass is 35.5. The number of hydrogen-bond acceptors (Lipinski definition) is 5. The SMILES string of the molecule is Cc1nc(N2C(=O)C(=O)/C(=C(/O)c3ccc(F)cc3)[C@H]2c2cccc(Cl)c2)sc1C. The molecule has 0 unspecified atom stereocenters. The van der Waals surface area contributed by atoms with Crippen molar-refractivity contribution in [2.75, 3.05) is 4.90 Å². The lowest BCUT2D eigenvalue weighted by atomic mass is 9.95. The van der Waals surface area contributed by atoms with E-state index in [0.717, 1.165) is 10.6 Å². The molecule has 1 aliphatic heterocycles. The summed E-state index contributed by atoms with van der Waals surface area (Å²) in [6.45, 7) is 3.69. The molecule has 3 aromatic rings. The number of aliphatic hydroxyl groups is 1. The molecule has 2 aromatic carbocycles. The lowest BCUT2D eigenvalue weighted by Gasteiger charge is -2.23. The Morgan fingerprint density at radius 3 is 2.47 bits per heavy atom. The van der Waals surface area contributed by atoms with Crippen LogP contribution in [-0.2, 0) is 9.59 Å². The summed E-state index contributed by atoms with van der Waals surface area (Å²) in [6, 6.07) is 10.9. The van der Waals surface area contributed by atoms with E-state index in [2.05, 4.69) is 4.98 Å². The monoisotopic (exact) mass is 442 g/mol. The first-order valence-electron chi connectivity index (χ1n) is 9.04. The van der Waals surface area contributed by atoms with Crippen LogP contribution in [0.15, 0.2) is 54.1 Å². The fourth-order valence-corrected chi connectivity index (χ4v) is 4.48. The molecule has 30 heavy (non-hydrogen) atoms. The first-order valence-corrected chi connectivity index (χ1v) is 10.2. The molecular formula is C22H16ClFN2O3S. The minimum absolute atomic E-state index is 0.0978. The van der Waals surface area contributed by atoms with Crippen molar-refractivity contribution in [3.63, 3.8) is 0 Å². The summed E-state index contributed by atoms with van der Waals surface area (Å²) in [5, 5.41) is 11.7. The number of aryl methyl sites for hydroxylation is 2. The van der Waals surface area contributed by atoms with Crippen molar-refractivity contribution in [3.05, 3.63) is 86.6 Å². The number of amides is 1. The topological polar surface area (TPSA) is 70.5 Å². The third kappa shape index (κ3) is 3.40. The van der Waals surface area contributed by atoms with E-state index >= 15 is 0 Å². The smallest absolute Gasteiger partial charge is 0.301 e. The molecule has 5 nitrogen and oxygen atoms in total. The third-order valence-electron chi connectivity index (χ3n) is 4.95. The Balaban J connectivity index is 1.96. The fraction of sp³-hybridized carbons (Fsp3) is 0.136. The summed E-state index contributed by atoms with van der Waals surface area (Å²) in [5.41, 5.74) is 1.43. The number of carbonyl (C=O) groups excluding carboxylic acids is 2. The number of Topliss-reactive ketones (excluding diaryl/α,β-unsaturated/α-hetero) is 1. The van der Waals surface area contributed by atoms with Gasteiger partial charge in [0.25, 0.3) is 5.78 Å². The van der Waals surface area contributed by atoms with Gasteiger partial charge >= 0.3 is 5.91 Å². The van der Waals surface area contributed by atoms with Gasteiger partial charge in [-0.05, 0) is 55.8 Å². The molecule has 0 spiro atoms. The lowest BCUT2D eigenvalue weighted by Crippen LogP contribution is -2.29. The highest BCUT2D eigenvalue weighted by Gasteiger charge is 2.48. The largest absolute Gasteiger partial charge is 0.507 e. The molecule has 0 radical (unpaired) electrons. The van der Waals surface area contributed by atoms with E-state index in [1.807, 2.05) is 13.8 Å². The van der Waals surface area contributed by atoms with Crippen molar-refractivity contribution in [1.29, 1.82) is 0 Å². The minimum Gasteiger partial charge on any atom is -0.507 e. The van der Waals surface area contributed by atoms with Gasteiger partial charge in [0.15, 0.2) is 5.13 Å². The molecule has 0 bridgehead atoms. The minimum atomic E-state index is -0.918. The Morgan fingerprint density at radius 2 is 1.87 bits per heavy atom. The Labute approximate surface area is 181 Å². The van der Waals surface area contributed by atoms with Gasteiger partial charge in [0.05, 0.1) is 17.3 Å². The highest BCUT2D eigenvalue weighted by Crippen LogP contribution is 2.44. The number of rotatable bonds is 3. The third-order valence-corrected chi connectivity index (χ3v) is 6.26. The molecule has 4 rings (SSSR count). The molecule has 1 saturated heterocycles. The van der Waals surface area contributed by atoms with Crippen LogP contribution in [0.5, 0.6) is 0 Å². The zero-order valence-corrected chi connectivity index (χ0v) is 17.6. The van der Waals surface area contributed by atoms with Crippen LogP contribution >= 0.6 is 22.9 Å². The van der Waals surface area contributed by atoms with Gasteiger partial charge in [-0.25, -0.2) is 9.37 Å². The Morgan fingerprint density at radius 1 is 1.17 bits per heavy atom. The van der Waals surface area contributed by atoms with E-state index in [4.69, 9.17) is 11.6 Å². The molecule has 1 fully saturated rings. The van der Waals surface area contributed by atoms with Gasteiger partial charge in [-0.3, -0.25) is 14.5 Å². The summed E-state index contributed by atoms with van der Waals surface area (Å²) in [7, 11) is 0. The van der Waals surface area contributed by atoms with Gasteiger partial charge in [-0.1, -0.05) is 23.7 Å². The number of ketones is 1. The number of carbonyl (C=O) groups is 2. The molecule has 0 saturated carbocycles. The molecule has 0 aliphatic carbocycles. The molecule has 1 N–H and O–H groups in total. The van der Waals surface area contributed by atoms with Crippen LogP contribution in [0.1, 0.15) is 27.7 Å². The number of thiazole rings is 1. The molecule has 8 heteroatoms. The van der Waals surface area contributed by atoms with Crippen LogP contribution in [0.25, 0.3) is 5.76 Å². The van der Waals surface area contributed by atoms with Gasteiger partial charge in [0.2, 0.25) is 0 Å². The van der Waals surface area contributed by atoms with E-state index < -0.39 is 23.5 Å². The number of benzene rings is 2. The summed E-state index contributed by atoms with van der Waals surface area (Å²) in [5.74, 6) is -2.50. The summed E-state index contributed by atoms with van der Waals surface area (Å²) < 4.78 is 13.3. The number of halogens is 2. The van der Waals surface area contributed by atoms with Crippen LogP contribution < -0.4 is 4.90 Å². The first kappa shape index (κ1) is 20.3. The van der Waals surface area contributed by atoms with E-state index in [-0.39, 0.29) is 16.9 Å². The summed E-state index contributed by atoms with van der Waals surface area (Å²) >= 11 is 7.45. The quantitative estimate of drug-likeness (QED) is 0.344. The number of nitrogens with zero attached hydrogens (tertiary/aromatic N) is 2. The number of aliphatic hydroxyl groups excluding tert-OH is 1. The lowest BCUT2D eigenvalue weighted by molar-refractivity contribution is -0.132. The van der Waals surface area contributed by atoms with Crippen molar-refractivity contribution in [3.8, 4) is 0 Å². The maximum atomic E-state index is 13.3. The summed E-state index contributed by atoms with van der Waals surface area (Å²) in [6.07, 6.45) is 0. The highest BCUT2D eigenvalue weighted by molar-refractivity contribution is 7.16. The van der Waals surface area contributed by atoms with Crippen LogP contribution in [0.2, 0.25) is 5.02 Å². The molecule has 1 atom stereocenters. The molecule has 1 aliphatic rings. The maximum absolute atomic E-state index is 13.3. The summed E-state index contributed by atoms with van der Waals surface area (Å²) in [4.78, 5) is 32.6. The molecule has 152 valence electrons. The van der Waals surface area contributed by atoms with Crippen LogP contribution in [0.4, 0.5) is 9.52 Å². The van der Waals surface area contributed by atoms with Crippen molar-refractivity contribution in [1.82, 2.24) is 4.98 Å². The first-order chi connectivity index (χ1) is 14.3. The molecule has 2 heterocycles. The van der Waals surface area contributed by atoms with Gasteiger partial charge < -0.3 is 5.11 Å². The van der Waals surface area contributed by atoms with Crippen LogP contribution in [0.3, 0.4) is 0 Å². The van der Waals surface area contributed by atoms with Gasteiger partial charge in [-0.15, -0.1) is 11.3 Å². The van der Waals surface area contributed by atoms with Gasteiger partial charge in [-0.2, -0.15) is 0 Å². The standard InChI is InChI=1S/C22H16ClFN2O3S/c1-11-12(2)30-22(25-11)26-18(14-4-3-5-15(23)10-14)17(20(28)21(26)29)19(27)13-6-8-16(24)9-7-13/h3-10,18,27H,1-2H3/b19-17+/t18-/m1/s1. The zero-order valence-electron chi connectivity index (χ0n) is 16.0. The van der Waals surface area contributed by atoms with Gasteiger partial charge in [0.1, 0.15) is 11.6 Å². The molecule has 1 amide bonds. The normalized spacial score (nSPS) is 18.3. The van der Waals surface area contributed by atoms with Crippen LogP contribution in [0, 0.1) is 19.7 Å². The number of hydrogen-bond donors (Lipinski definition) is 1. The Kier molecular flexibility index (Phi) is 5.17. The van der Waals surface area contributed by atoms with Crippen molar-refractivity contribution < 1.29 is 19.1 Å². The number of aromatic nitrogens is 1. The molecular weight excluding hydrogens is 427 g/mol. The number of anilines is 1. The Bertz CT molecular complexity index is 1180. The van der Waals surface area contributed by atoms with Gasteiger partial charge in [0, 0.05) is 15.5 Å². The fourth-order valence-electron chi connectivity index (χ4n) is 3.34. The second kappa shape index (κ2) is 7.66. The second-order valence-corrected chi connectivity index (χ2v) is 8.49. The average Bonchev–Trinajstić information content (AvgIpc) is 3.18. The van der Waals surface area contributed by atoms with Crippen molar-refractivity contribution in [2.45, 2.75) is 19.9 Å². The van der Waals surface area contributed by atoms with E-state index in [1.165, 1.54) is 40.5 Å². The maximum Gasteiger partial charge on any atom is 0.301 e. The average molecular weight is 443 g/mol. The molecule has 1 aromatic heterocycles. The van der Waals surface area contributed by atoms with Crippen molar-refractivity contribution >= 4 is 45.5 Å². The van der Waals surface area contributed by atoms with E-state index in [9.17, 15) is 19.1 Å². The Hall–Kier alpha value is -3.03. The van der Waals surface area contributed by atoms with Crippen LogP contribution in [-0.4, -0.2) is 21.8 Å². The van der Waals surface area contributed by atoms with Crippen molar-refractivity contribution in [2.24, 2.45) is 0 Å². The second-order valence-electron chi connectivity index (χ2n) is 6.87. The predicted molar refractivity (Wildman–Crippen MR) is 114 cm³/mol.